The quantitative estimate of drug-likeness (QED) is 0.507. The number of carbonyl (C=O) groups is 1. The number of carboxylic acid groups (broad SMARTS) is 1. The van der Waals surface area contributed by atoms with Crippen molar-refractivity contribution >= 4 is 22.8 Å². The Balaban J connectivity index is 1.23. The largest absolute Gasteiger partial charge is 0.480 e. The number of likely N-dealkylation sites (tertiary alicyclic amines) is 1. The van der Waals surface area contributed by atoms with Gasteiger partial charge in [0.2, 0.25) is 0 Å². The van der Waals surface area contributed by atoms with E-state index in [9.17, 15) is 14.7 Å². The maximum absolute atomic E-state index is 13.9. The molecule has 2 aromatic rings. The monoisotopic (exact) mass is 520 g/mol. The number of nitrogens with zero attached hydrogens (tertiary/aromatic N) is 4. The second-order valence-corrected chi connectivity index (χ2v) is 13.1. The van der Waals surface area contributed by atoms with Crippen LogP contribution in [0.25, 0.3) is 11.0 Å². The number of rotatable bonds is 8. The highest BCUT2D eigenvalue weighted by atomic mass is 16.4. The van der Waals surface area contributed by atoms with Crippen LogP contribution in [-0.2, 0) is 4.79 Å². The first-order chi connectivity index (χ1) is 18.3. The highest BCUT2D eigenvalue weighted by Crippen LogP contribution is 2.62. The van der Waals surface area contributed by atoms with Crippen molar-refractivity contribution in [3.05, 3.63) is 34.6 Å². The molecule has 1 N–H and O–H groups in total. The predicted molar refractivity (Wildman–Crippen MR) is 151 cm³/mol. The molecule has 0 radical (unpaired) electrons. The highest BCUT2D eigenvalue weighted by Gasteiger charge is 2.53. The SMILES string of the molecule is CCC[C@@H]1C[C@H](n2c(=O)c(N3CC[C@@H]3C(=O)O)nc3ccccc32)CCN1CC[C@@H]1CC[C@H]2C[C@@H]1C2(C)C. The lowest BCUT2D eigenvalue weighted by atomic mass is 9.45. The molecular formula is C31H44N4O3. The number of aliphatic carboxylic acids is 1. The van der Waals surface area contributed by atoms with Gasteiger partial charge in [-0.3, -0.25) is 4.79 Å². The molecule has 6 atom stereocenters. The summed E-state index contributed by atoms with van der Waals surface area (Å²) in [7, 11) is 0. The summed E-state index contributed by atoms with van der Waals surface area (Å²) in [6.45, 7) is 10.00. The minimum atomic E-state index is -0.882. The molecule has 7 heteroatoms. The van der Waals surface area contributed by atoms with E-state index in [0.717, 1.165) is 61.0 Å². The van der Waals surface area contributed by atoms with Crippen LogP contribution >= 0.6 is 0 Å². The number of anilines is 1. The van der Waals surface area contributed by atoms with Gasteiger partial charge in [-0.1, -0.05) is 39.3 Å². The molecule has 38 heavy (non-hydrogen) atoms. The van der Waals surface area contributed by atoms with E-state index in [4.69, 9.17) is 0 Å². The lowest BCUT2D eigenvalue weighted by molar-refractivity contribution is -0.140. The summed E-state index contributed by atoms with van der Waals surface area (Å²) in [5.41, 5.74) is 2.04. The van der Waals surface area contributed by atoms with Crippen LogP contribution in [0.3, 0.4) is 0 Å². The summed E-state index contributed by atoms with van der Waals surface area (Å²) in [6, 6.07) is 7.78. The van der Waals surface area contributed by atoms with Gasteiger partial charge in [-0.15, -0.1) is 0 Å². The number of fused-ring (bicyclic) bond motifs is 3. The van der Waals surface area contributed by atoms with Crippen molar-refractivity contribution in [1.29, 1.82) is 0 Å². The fourth-order valence-corrected chi connectivity index (χ4v) is 8.47. The lowest BCUT2D eigenvalue weighted by Gasteiger charge is -2.60. The topological polar surface area (TPSA) is 78.7 Å². The fourth-order valence-electron chi connectivity index (χ4n) is 8.47. The molecule has 7 nitrogen and oxygen atoms in total. The molecule has 0 unspecified atom stereocenters. The van der Waals surface area contributed by atoms with E-state index in [-0.39, 0.29) is 11.6 Å². The van der Waals surface area contributed by atoms with Crippen molar-refractivity contribution < 1.29 is 9.90 Å². The van der Waals surface area contributed by atoms with Crippen LogP contribution in [-0.4, -0.2) is 57.2 Å². The zero-order valence-electron chi connectivity index (χ0n) is 23.3. The van der Waals surface area contributed by atoms with Gasteiger partial charge in [-0.25, -0.2) is 9.78 Å². The molecule has 3 saturated carbocycles. The Morgan fingerprint density at radius 3 is 2.58 bits per heavy atom. The summed E-state index contributed by atoms with van der Waals surface area (Å²) >= 11 is 0. The number of benzene rings is 1. The molecule has 2 bridgehead atoms. The van der Waals surface area contributed by atoms with Crippen molar-refractivity contribution in [3.8, 4) is 0 Å². The van der Waals surface area contributed by atoms with Crippen LogP contribution in [0.4, 0.5) is 5.82 Å². The first-order valence-corrected chi connectivity index (χ1v) is 15.0. The predicted octanol–water partition coefficient (Wildman–Crippen LogP) is 5.33. The first-order valence-electron chi connectivity index (χ1n) is 15.0. The summed E-state index contributed by atoms with van der Waals surface area (Å²) in [5.74, 6) is 2.14. The molecule has 206 valence electrons. The average molecular weight is 521 g/mol. The van der Waals surface area contributed by atoms with Crippen molar-refractivity contribution in [3.63, 3.8) is 0 Å². The molecule has 0 amide bonds. The third kappa shape index (κ3) is 4.25. The molecule has 0 spiro atoms. The van der Waals surface area contributed by atoms with E-state index < -0.39 is 12.0 Å². The number of carboxylic acids is 1. The minimum absolute atomic E-state index is 0.104. The fraction of sp³-hybridized carbons (Fsp3) is 0.710. The van der Waals surface area contributed by atoms with E-state index in [0.29, 0.717) is 30.2 Å². The van der Waals surface area contributed by atoms with Gasteiger partial charge in [0.25, 0.3) is 5.56 Å². The zero-order chi connectivity index (χ0) is 26.6. The van der Waals surface area contributed by atoms with Crippen molar-refractivity contribution in [2.75, 3.05) is 24.5 Å². The molecule has 3 heterocycles. The van der Waals surface area contributed by atoms with Gasteiger partial charge in [-0.2, -0.15) is 0 Å². The van der Waals surface area contributed by atoms with Gasteiger partial charge in [-0.05, 0) is 93.2 Å². The van der Waals surface area contributed by atoms with E-state index in [1.165, 1.54) is 32.2 Å². The zero-order valence-corrected chi connectivity index (χ0v) is 23.3. The van der Waals surface area contributed by atoms with Crippen molar-refractivity contribution in [2.24, 2.45) is 23.2 Å². The lowest BCUT2D eigenvalue weighted by Crippen LogP contribution is -2.55. The van der Waals surface area contributed by atoms with Gasteiger partial charge < -0.3 is 19.5 Å². The van der Waals surface area contributed by atoms with Crippen LogP contribution in [0, 0.1) is 23.2 Å². The summed E-state index contributed by atoms with van der Waals surface area (Å²) < 4.78 is 1.97. The molecular weight excluding hydrogens is 476 g/mol. The Morgan fingerprint density at radius 2 is 1.89 bits per heavy atom. The Kier molecular flexibility index (Phi) is 6.78. The smallest absolute Gasteiger partial charge is 0.326 e. The van der Waals surface area contributed by atoms with E-state index >= 15 is 0 Å². The number of hydrogen-bond acceptors (Lipinski definition) is 5. The molecule has 1 aromatic carbocycles. The Bertz CT molecular complexity index is 1250. The second-order valence-electron chi connectivity index (χ2n) is 13.1. The van der Waals surface area contributed by atoms with Gasteiger partial charge in [0.05, 0.1) is 11.0 Å². The number of piperidine rings is 1. The third-order valence-electron chi connectivity index (χ3n) is 10.9. The minimum Gasteiger partial charge on any atom is -0.480 e. The summed E-state index contributed by atoms with van der Waals surface area (Å²) in [5, 5.41) is 9.62. The Labute approximate surface area is 226 Å². The van der Waals surface area contributed by atoms with Crippen LogP contribution in [0.5, 0.6) is 0 Å². The molecule has 5 aliphatic rings. The molecule has 2 saturated heterocycles. The molecule has 1 aromatic heterocycles. The highest BCUT2D eigenvalue weighted by molar-refractivity contribution is 5.81. The molecule has 3 aliphatic carbocycles. The number of aromatic nitrogens is 2. The molecule has 5 fully saturated rings. The third-order valence-corrected chi connectivity index (χ3v) is 10.9. The van der Waals surface area contributed by atoms with Crippen molar-refractivity contribution in [2.45, 2.75) is 96.7 Å². The summed E-state index contributed by atoms with van der Waals surface area (Å²) in [6.07, 6.45) is 10.3. The summed E-state index contributed by atoms with van der Waals surface area (Å²) in [4.78, 5) is 34.7. The standard InChI is InChI=1S/C31H44N4O3/c1-4-7-22-19-23(13-16-33(22)15-12-20-10-11-21-18-24(20)31(21,2)3)35-26-9-6-5-8-25(26)32-28(29(35)36)34-17-14-27(34)30(37)38/h5-6,8-9,20-24,27H,4,7,10-19H2,1-3H3,(H,37,38)/t20-,21-,22+,23+,24-,27+/m0/s1. The van der Waals surface area contributed by atoms with E-state index in [2.05, 4.69) is 30.7 Å². The van der Waals surface area contributed by atoms with Gasteiger partial charge in [0, 0.05) is 25.2 Å². The number of para-hydroxylation sites is 2. The Hall–Kier alpha value is -2.41. The van der Waals surface area contributed by atoms with E-state index in [1.807, 2.05) is 28.8 Å². The van der Waals surface area contributed by atoms with Crippen LogP contribution in [0.1, 0.15) is 84.6 Å². The second kappa shape index (κ2) is 9.96. The number of hydrogen-bond donors (Lipinski definition) is 1. The van der Waals surface area contributed by atoms with Crippen molar-refractivity contribution in [1.82, 2.24) is 14.5 Å². The maximum Gasteiger partial charge on any atom is 0.326 e. The maximum atomic E-state index is 13.9. The molecule has 7 rings (SSSR count). The van der Waals surface area contributed by atoms with Gasteiger partial charge in [0.1, 0.15) is 6.04 Å². The normalized spacial score (nSPS) is 32.6. The van der Waals surface area contributed by atoms with Gasteiger partial charge in [0.15, 0.2) is 5.82 Å². The van der Waals surface area contributed by atoms with Crippen LogP contribution < -0.4 is 10.5 Å². The molecule has 2 aliphatic heterocycles. The van der Waals surface area contributed by atoms with E-state index in [1.54, 1.807) is 4.90 Å². The van der Waals surface area contributed by atoms with Crippen LogP contribution in [0.15, 0.2) is 29.1 Å². The average Bonchev–Trinajstić information content (AvgIpc) is 2.87. The first kappa shape index (κ1) is 25.8. The van der Waals surface area contributed by atoms with Gasteiger partial charge >= 0.3 is 5.97 Å². The van der Waals surface area contributed by atoms with Crippen LogP contribution in [0.2, 0.25) is 0 Å². The Morgan fingerprint density at radius 1 is 1.08 bits per heavy atom.